The number of hydrogen-bond acceptors (Lipinski definition) is 4. The number of halogens is 3. The van der Waals surface area contributed by atoms with Gasteiger partial charge in [0.05, 0.1) is 16.7 Å². The van der Waals surface area contributed by atoms with Gasteiger partial charge < -0.3 is 10.1 Å². The van der Waals surface area contributed by atoms with Crippen molar-refractivity contribution in [2.24, 2.45) is 0 Å². The van der Waals surface area contributed by atoms with Crippen molar-refractivity contribution in [2.75, 3.05) is 5.32 Å². The van der Waals surface area contributed by atoms with Crippen LogP contribution < -0.4 is 5.32 Å². The quantitative estimate of drug-likeness (QED) is 0.694. The molecule has 0 saturated heterocycles. The summed E-state index contributed by atoms with van der Waals surface area (Å²) in [6.07, 6.45) is -0.823. The number of rotatable bonds is 3. The Balaban J connectivity index is 1.93. The topological polar surface area (TPSA) is 68.3 Å². The molecule has 1 aromatic carbocycles. The molecule has 5 nitrogen and oxygen atoms in total. The summed E-state index contributed by atoms with van der Waals surface area (Å²) in [6, 6.07) is 5.93. The fourth-order valence-corrected chi connectivity index (χ4v) is 3.26. The predicted molar refractivity (Wildman–Crippen MR) is 105 cm³/mol. The molecule has 0 saturated carbocycles. The van der Waals surface area contributed by atoms with Gasteiger partial charge in [-0.25, -0.2) is 9.78 Å². The zero-order valence-electron chi connectivity index (χ0n) is 17.0. The summed E-state index contributed by atoms with van der Waals surface area (Å²) < 4.78 is 44.6. The van der Waals surface area contributed by atoms with Gasteiger partial charge >= 0.3 is 12.1 Å². The Kier molecular flexibility index (Phi) is 5.87. The van der Waals surface area contributed by atoms with Crippen molar-refractivity contribution < 1.29 is 27.5 Å². The monoisotopic (exact) mass is 420 g/mol. The summed E-state index contributed by atoms with van der Waals surface area (Å²) in [6.45, 7) is 4.78. The summed E-state index contributed by atoms with van der Waals surface area (Å²) in [7, 11) is 0. The van der Waals surface area contributed by atoms with Gasteiger partial charge in [-0.15, -0.1) is 0 Å². The Morgan fingerprint density at radius 3 is 2.37 bits per heavy atom. The standard InChI is InChI=1S/C22H23F3N2O3/c1-21(2,3)30-20(29)16-12-14(22(23,24)25)9-10-15(16)19(28)27-18-11-8-13-6-4-5-7-17(13)26-18/h8-12H,4-7H2,1-3H3,(H,26,27,28). The largest absolute Gasteiger partial charge is 0.456 e. The van der Waals surface area contributed by atoms with Gasteiger partial charge in [0.25, 0.3) is 5.91 Å². The lowest BCUT2D eigenvalue weighted by molar-refractivity contribution is -0.137. The molecule has 1 aromatic heterocycles. The molecule has 30 heavy (non-hydrogen) atoms. The average Bonchev–Trinajstić information content (AvgIpc) is 2.65. The minimum Gasteiger partial charge on any atom is -0.456 e. The Bertz CT molecular complexity index is 979. The van der Waals surface area contributed by atoms with Gasteiger partial charge in [-0.05, 0) is 76.3 Å². The number of hydrogen-bond donors (Lipinski definition) is 1. The number of alkyl halides is 3. The number of carbonyl (C=O) groups excluding carboxylic acids is 2. The van der Waals surface area contributed by atoms with Crippen LogP contribution in [0.25, 0.3) is 0 Å². The number of aryl methyl sites for hydroxylation is 2. The lowest BCUT2D eigenvalue weighted by Crippen LogP contribution is -2.26. The van der Waals surface area contributed by atoms with Crippen molar-refractivity contribution in [3.05, 3.63) is 58.3 Å². The molecule has 3 rings (SSSR count). The maximum Gasteiger partial charge on any atom is 0.416 e. The molecule has 160 valence electrons. The molecule has 1 amide bonds. The third-order valence-corrected chi connectivity index (χ3v) is 4.63. The molecule has 1 heterocycles. The molecule has 1 N–H and O–H groups in total. The van der Waals surface area contributed by atoms with E-state index in [1.165, 1.54) is 0 Å². The molecule has 2 aromatic rings. The average molecular weight is 420 g/mol. The molecular formula is C22H23F3N2O3. The Labute approximate surface area is 172 Å². The molecule has 8 heteroatoms. The first kappa shape index (κ1) is 21.8. The maximum absolute atomic E-state index is 13.1. The van der Waals surface area contributed by atoms with Crippen LogP contribution >= 0.6 is 0 Å². The zero-order valence-corrected chi connectivity index (χ0v) is 17.0. The normalized spacial score (nSPS) is 14.1. The molecular weight excluding hydrogens is 397 g/mol. The highest BCUT2D eigenvalue weighted by molar-refractivity contribution is 6.11. The van der Waals surface area contributed by atoms with E-state index >= 15 is 0 Å². The lowest BCUT2D eigenvalue weighted by atomic mass is 9.96. The first-order valence-corrected chi connectivity index (χ1v) is 9.69. The third-order valence-electron chi connectivity index (χ3n) is 4.63. The first-order chi connectivity index (χ1) is 13.9. The number of benzene rings is 1. The Hall–Kier alpha value is -2.90. The van der Waals surface area contributed by atoms with Crippen molar-refractivity contribution in [1.82, 2.24) is 4.98 Å². The molecule has 0 atom stereocenters. The second-order valence-electron chi connectivity index (χ2n) is 8.22. The number of nitrogens with zero attached hydrogens (tertiary/aromatic N) is 1. The van der Waals surface area contributed by atoms with Crippen LogP contribution in [0.3, 0.4) is 0 Å². The van der Waals surface area contributed by atoms with Crippen LogP contribution in [-0.4, -0.2) is 22.5 Å². The maximum atomic E-state index is 13.1. The fraction of sp³-hybridized carbons (Fsp3) is 0.409. The van der Waals surface area contributed by atoms with Crippen molar-refractivity contribution in [3.8, 4) is 0 Å². The number of esters is 1. The second kappa shape index (κ2) is 8.08. The van der Waals surface area contributed by atoms with Crippen molar-refractivity contribution in [1.29, 1.82) is 0 Å². The minimum atomic E-state index is -4.66. The number of ether oxygens (including phenoxy) is 1. The number of nitrogens with one attached hydrogen (secondary N) is 1. The summed E-state index contributed by atoms with van der Waals surface area (Å²) in [4.78, 5) is 29.8. The Morgan fingerprint density at radius 2 is 1.70 bits per heavy atom. The highest BCUT2D eigenvalue weighted by atomic mass is 19.4. The van der Waals surface area contributed by atoms with E-state index in [9.17, 15) is 22.8 Å². The highest BCUT2D eigenvalue weighted by Crippen LogP contribution is 2.31. The molecule has 0 bridgehead atoms. The van der Waals surface area contributed by atoms with Crippen LogP contribution in [0.2, 0.25) is 0 Å². The van der Waals surface area contributed by atoms with E-state index in [1.807, 2.05) is 6.07 Å². The van der Waals surface area contributed by atoms with E-state index in [0.717, 1.165) is 49.1 Å². The van der Waals surface area contributed by atoms with E-state index in [2.05, 4.69) is 10.3 Å². The van der Waals surface area contributed by atoms with Gasteiger partial charge in [0, 0.05) is 5.69 Å². The molecule has 0 aliphatic heterocycles. The predicted octanol–water partition coefficient (Wildman–Crippen LogP) is 5.19. The number of pyridine rings is 1. The van der Waals surface area contributed by atoms with Crippen molar-refractivity contribution in [3.63, 3.8) is 0 Å². The smallest absolute Gasteiger partial charge is 0.416 e. The van der Waals surface area contributed by atoms with Gasteiger partial charge in [0.1, 0.15) is 11.4 Å². The number of amides is 1. The van der Waals surface area contributed by atoms with Gasteiger partial charge in [0.2, 0.25) is 0 Å². The van der Waals surface area contributed by atoms with Gasteiger partial charge in [0.15, 0.2) is 0 Å². The zero-order chi connectivity index (χ0) is 22.1. The van der Waals surface area contributed by atoms with E-state index < -0.39 is 34.8 Å². The van der Waals surface area contributed by atoms with Crippen LogP contribution in [0.4, 0.5) is 19.0 Å². The van der Waals surface area contributed by atoms with E-state index in [0.29, 0.717) is 6.07 Å². The van der Waals surface area contributed by atoms with Crippen LogP contribution in [0.15, 0.2) is 30.3 Å². The minimum absolute atomic E-state index is 0.211. The fourth-order valence-electron chi connectivity index (χ4n) is 3.26. The number of fused-ring (bicyclic) bond motifs is 1. The molecule has 0 fully saturated rings. The lowest BCUT2D eigenvalue weighted by Gasteiger charge is -2.21. The molecule has 0 spiro atoms. The van der Waals surface area contributed by atoms with Gasteiger partial charge in [-0.1, -0.05) is 6.07 Å². The summed E-state index contributed by atoms with van der Waals surface area (Å²) >= 11 is 0. The van der Waals surface area contributed by atoms with E-state index in [4.69, 9.17) is 4.74 Å². The molecule has 0 unspecified atom stereocenters. The van der Waals surface area contributed by atoms with Gasteiger partial charge in [-0.3, -0.25) is 4.79 Å². The third kappa shape index (κ3) is 5.17. The number of aromatic nitrogens is 1. The van der Waals surface area contributed by atoms with Crippen molar-refractivity contribution in [2.45, 2.75) is 58.2 Å². The first-order valence-electron chi connectivity index (χ1n) is 9.69. The molecule has 1 aliphatic rings. The van der Waals surface area contributed by atoms with Crippen molar-refractivity contribution >= 4 is 17.7 Å². The number of anilines is 1. The Morgan fingerprint density at radius 1 is 1.00 bits per heavy atom. The summed E-state index contributed by atoms with van der Waals surface area (Å²) in [5.41, 5.74) is -0.597. The molecule has 0 radical (unpaired) electrons. The van der Waals surface area contributed by atoms with E-state index in [1.54, 1.807) is 26.8 Å². The highest BCUT2D eigenvalue weighted by Gasteiger charge is 2.33. The summed E-state index contributed by atoms with van der Waals surface area (Å²) in [5.74, 6) is -1.44. The molecule has 1 aliphatic carbocycles. The van der Waals surface area contributed by atoms with Crippen LogP contribution in [0.1, 0.15) is 71.1 Å². The van der Waals surface area contributed by atoms with E-state index in [-0.39, 0.29) is 11.4 Å². The van der Waals surface area contributed by atoms with Gasteiger partial charge in [-0.2, -0.15) is 13.2 Å². The second-order valence-corrected chi connectivity index (χ2v) is 8.22. The number of carbonyl (C=O) groups is 2. The SMILES string of the molecule is CC(C)(C)OC(=O)c1cc(C(F)(F)F)ccc1C(=O)Nc1ccc2c(n1)CCCC2. The van der Waals surface area contributed by atoms with Crippen LogP contribution in [0, 0.1) is 0 Å². The van der Waals surface area contributed by atoms with Crippen LogP contribution in [-0.2, 0) is 23.8 Å². The van der Waals surface area contributed by atoms with Crippen LogP contribution in [0.5, 0.6) is 0 Å². The summed E-state index contributed by atoms with van der Waals surface area (Å²) in [5, 5.41) is 2.59.